The number of halogens is 1. The molecule has 4 nitrogen and oxygen atoms in total. The SMILES string of the molecule is O=c1cc(Cl)nc2n1CC1(CC1)CN2. The first-order valence-corrected chi connectivity index (χ1v) is 5.08. The molecule has 5 heteroatoms. The lowest BCUT2D eigenvalue weighted by Crippen LogP contribution is -2.36. The summed E-state index contributed by atoms with van der Waals surface area (Å²) in [6.45, 7) is 1.71. The molecule has 1 aliphatic heterocycles. The van der Waals surface area contributed by atoms with Gasteiger partial charge in [-0.25, -0.2) is 4.98 Å². The smallest absolute Gasteiger partial charge is 0.256 e. The van der Waals surface area contributed by atoms with Gasteiger partial charge in [-0.05, 0) is 12.8 Å². The average Bonchev–Trinajstić information content (AvgIpc) is 2.87. The topological polar surface area (TPSA) is 46.9 Å². The van der Waals surface area contributed by atoms with Crippen molar-refractivity contribution in [1.29, 1.82) is 0 Å². The second-order valence-corrected chi connectivity index (χ2v) is 4.57. The summed E-state index contributed by atoms with van der Waals surface area (Å²) >= 11 is 5.70. The Labute approximate surface area is 85.9 Å². The Kier molecular flexibility index (Phi) is 1.49. The van der Waals surface area contributed by atoms with Crippen LogP contribution in [0.5, 0.6) is 0 Å². The molecule has 74 valence electrons. The van der Waals surface area contributed by atoms with Gasteiger partial charge in [-0.3, -0.25) is 9.36 Å². The molecule has 0 amide bonds. The second-order valence-electron chi connectivity index (χ2n) is 4.18. The molecule has 2 aliphatic rings. The van der Waals surface area contributed by atoms with Crippen molar-refractivity contribution in [2.24, 2.45) is 5.41 Å². The van der Waals surface area contributed by atoms with Crippen LogP contribution in [0.1, 0.15) is 12.8 Å². The van der Waals surface area contributed by atoms with Crippen molar-refractivity contribution in [3.8, 4) is 0 Å². The standard InChI is InChI=1S/C9H10ClN3O/c10-6-3-7(14)13-5-9(1-2-9)4-11-8(13)12-6/h3H,1-2,4-5H2,(H,11,12). The van der Waals surface area contributed by atoms with Crippen molar-refractivity contribution in [3.05, 3.63) is 21.6 Å². The molecule has 1 aromatic heterocycles. The molecule has 1 spiro atoms. The third-order valence-electron chi connectivity index (χ3n) is 3.05. The predicted octanol–water partition coefficient (Wildman–Crippen LogP) is 1.10. The molecule has 1 aromatic rings. The fourth-order valence-corrected chi connectivity index (χ4v) is 2.11. The van der Waals surface area contributed by atoms with Crippen LogP contribution >= 0.6 is 11.6 Å². The van der Waals surface area contributed by atoms with Gasteiger partial charge < -0.3 is 5.32 Å². The van der Waals surface area contributed by atoms with Gasteiger partial charge in [0.1, 0.15) is 5.15 Å². The van der Waals surface area contributed by atoms with Crippen LogP contribution in [-0.4, -0.2) is 16.1 Å². The van der Waals surface area contributed by atoms with E-state index in [1.54, 1.807) is 4.57 Å². The number of rotatable bonds is 0. The number of nitrogens with one attached hydrogen (secondary N) is 1. The van der Waals surface area contributed by atoms with Crippen molar-refractivity contribution in [1.82, 2.24) is 9.55 Å². The molecule has 14 heavy (non-hydrogen) atoms. The Morgan fingerprint density at radius 3 is 3.07 bits per heavy atom. The van der Waals surface area contributed by atoms with E-state index in [9.17, 15) is 4.79 Å². The molecule has 0 unspecified atom stereocenters. The maximum absolute atomic E-state index is 11.6. The maximum atomic E-state index is 11.6. The van der Waals surface area contributed by atoms with E-state index in [1.807, 2.05) is 0 Å². The highest BCUT2D eigenvalue weighted by Gasteiger charge is 2.45. The molecular formula is C9H10ClN3O. The first-order chi connectivity index (χ1) is 6.69. The Hall–Kier alpha value is -1.03. The number of hydrogen-bond donors (Lipinski definition) is 1. The highest BCUT2D eigenvalue weighted by atomic mass is 35.5. The fraction of sp³-hybridized carbons (Fsp3) is 0.556. The van der Waals surface area contributed by atoms with Crippen LogP contribution < -0.4 is 10.9 Å². The molecule has 3 rings (SSSR count). The third-order valence-corrected chi connectivity index (χ3v) is 3.24. The monoisotopic (exact) mass is 211 g/mol. The summed E-state index contributed by atoms with van der Waals surface area (Å²) in [5.41, 5.74) is 0.269. The number of nitrogens with zero attached hydrogens (tertiary/aromatic N) is 2. The van der Waals surface area contributed by atoms with Crippen LogP contribution in [0.4, 0.5) is 5.95 Å². The first-order valence-electron chi connectivity index (χ1n) is 4.70. The van der Waals surface area contributed by atoms with E-state index in [1.165, 1.54) is 18.9 Å². The lowest BCUT2D eigenvalue weighted by atomic mass is 10.1. The molecule has 1 N–H and O–H groups in total. The first kappa shape index (κ1) is 8.29. The lowest BCUT2D eigenvalue weighted by molar-refractivity contribution is 0.408. The molecule has 1 saturated carbocycles. The summed E-state index contributed by atoms with van der Waals surface area (Å²) in [4.78, 5) is 15.7. The van der Waals surface area contributed by atoms with Gasteiger partial charge in [0, 0.05) is 24.6 Å². The Bertz CT molecular complexity index is 450. The summed E-state index contributed by atoms with van der Waals surface area (Å²) < 4.78 is 1.68. The summed E-state index contributed by atoms with van der Waals surface area (Å²) in [6.07, 6.45) is 2.41. The van der Waals surface area contributed by atoms with Gasteiger partial charge in [-0.1, -0.05) is 11.6 Å². The largest absolute Gasteiger partial charge is 0.355 e. The Morgan fingerprint density at radius 1 is 1.57 bits per heavy atom. The van der Waals surface area contributed by atoms with Gasteiger partial charge in [0.2, 0.25) is 5.95 Å². The van der Waals surface area contributed by atoms with Gasteiger partial charge in [-0.15, -0.1) is 0 Å². The van der Waals surface area contributed by atoms with Crippen molar-refractivity contribution in [2.45, 2.75) is 19.4 Å². The minimum absolute atomic E-state index is 0.0570. The van der Waals surface area contributed by atoms with Crippen LogP contribution in [-0.2, 0) is 6.54 Å². The highest BCUT2D eigenvalue weighted by molar-refractivity contribution is 6.29. The number of anilines is 1. The number of aromatic nitrogens is 2. The van der Waals surface area contributed by atoms with E-state index in [0.717, 1.165) is 13.1 Å². The molecule has 0 radical (unpaired) electrons. The van der Waals surface area contributed by atoms with Crippen LogP contribution in [0.3, 0.4) is 0 Å². The zero-order valence-corrected chi connectivity index (χ0v) is 8.34. The molecule has 1 fully saturated rings. The molecule has 1 aliphatic carbocycles. The van der Waals surface area contributed by atoms with E-state index in [0.29, 0.717) is 11.4 Å². The summed E-state index contributed by atoms with van der Waals surface area (Å²) in [7, 11) is 0. The van der Waals surface area contributed by atoms with Gasteiger partial charge >= 0.3 is 0 Å². The minimum Gasteiger partial charge on any atom is -0.355 e. The van der Waals surface area contributed by atoms with Crippen molar-refractivity contribution >= 4 is 17.5 Å². The molecule has 2 heterocycles. The van der Waals surface area contributed by atoms with Gasteiger partial charge in [0.05, 0.1) is 0 Å². The summed E-state index contributed by atoms with van der Waals surface area (Å²) in [6, 6.07) is 1.37. The maximum Gasteiger partial charge on any atom is 0.256 e. The lowest BCUT2D eigenvalue weighted by Gasteiger charge is -2.26. The van der Waals surface area contributed by atoms with E-state index in [-0.39, 0.29) is 10.7 Å². The summed E-state index contributed by atoms with van der Waals surface area (Å²) in [5.74, 6) is 0.611. The van der Waals surface area contributed by atoms with E-state index >= 15 is 0 Å². The van der Waals surface area contributed by atoms with Crippen LogP contribution in [0, 0.1) is 5.41 Å². The summed E-state index contributed by atoms with van der Waals surface area (Å²) in [5, 5.41) is 3.43. The number of fused-ring (bicyclic) bond motifs is 1. The predicted molar refractivity (Wildman–Crippen MR) is 53.7 cm³/mol. The highest BCUT2D eigenvalue weighted by Crippen LogP contribution is 2.48. The van der Waals surface area contributed by atoms with Crippen molar-refractivity contribution < 1.29 is 0 Å². The molecule has 0 aromatic carbocycles. The van der Waals surface area contributed by atoms with Gasteiger partial charge in [0.25, 0.3) is 5.56 Å². The second kappa shape index (κ2) is 2.51. The van der Waals surface area contributed by atoms with Crippen molar-refractivity contribution in [3.63, 3.8) is 0 Å². The molecule has 0 saturated heterocycles. The van der Waals surface area contributed by atoms with Crippen molar-refractivity contribution in [2.75, 3.05) is 11.9 Å². The third kappa shape index (κ3) is 1.14. The van der Waals surface area contributed by atoms with Crippen LogP contribution in [0.2, 0.25) is 5.15 Å². The minimum atomic E-state index is -0.0570. The molecular weight excluding hydrogens is 202 g/mol. The van der Waals surface area contributed by atoms with Gasteiger partial charge in [0.15, 0.2) is 0 Å². The van der Waals surface area contributed by atoms with Gasteiger partial charge in [-0.2, -0.15) is 0 Å². The quantitative estimate of drug-likeness (QED) is 0.654. The number of hydrogen-bond acceptors (Lipinski definition) is 3. The van der Waals surface area contributed by atoms with Crippen LogP contribution in [0.25, 0.3) is 0 Å². The fourth-order valence-electron chi connectivity index (χ4n) is 1.94. The molecule has 0 bridgehead atoms. The Morgan fingerprint density at radius 2 is 2.36 bits per heavy atom. The Balaban J connectivity index is 2.12. The zero-order valence-electron chi connectivity index (χ0n) is 7.59. The van der Waals surface area contributed by atoms with E-state index in [4.69, 9.17) is 11.6 Å². The average molecular weight is 212 g/mol. The van der Waals surface area contributed by atoms with E-state index in [2.05, 4.69) is 10.3 Å². The van der Waals surface area contributed by atoms with Crippen LogP contribution in [0.15, 0.2) is 10.9 Å². The van der Waals surface area contributed by atoms with E-state index < -0.39 is 0 Å². The zero-order chi connectivity index (χ0) is 9.76. The molecule has 0 atom stereocenters. The normalized spacial score (nSPS) is 21.5.